The van der Waals surface area contributed by atoms with Crippen molar-refractivity contribution in [3.05, 3.63) is 28.8 Å². The minimum Gasteiger partial charge on any atom is -0.482 e. The van der Waals surface area contributed by atoms with E-state index in [0.717, 1.165) is 19.3 Å². The number of hydrogen-bond donors (Lipinski definition) is 1. The summed E-state index contributed by atoms with van der Waals surface area (Å²) in [6.45, 7) is 2.11. The van der Waals surface area contributed by atoms with Gasteiger partial charge in [-0.1, -0.05) is 31.4 Å². The molecule has 1 amide bonds. The minimum absolute atomic E-state index is 0.0607. The van der Waals surface area contributed by atoms with Gasteiger partial charge in [-0.05, 0) is 37.0 Å². The molecule has 21 heavy (non-hydrogen) atoms. The molecular formula is C16H19ClN2O2. The molecule has 1 aromatic rings. The zero-order chi connectivity index (χ0) is 15.2. The molecule has 2 atom stereocenters. The lowest BCUT2D eigenvalue weighted by atomic mass is 9.86. The Morgan fingerprint density at radius 3 is 2.90 bits per heavy atom. The van der Waals surface area contributed by atoms with Crippen LogP contribution in [0.3, 0.4) is 0 Å². The van der Waals surface area contributed by atoms with Gasteiger partial charge in [0.2, 0.25) is 0 Å². The number of nitrogens with zero attached hydrogens (tertiary/aromatic N) is 1. The third kappa shape index (κ3) is 4.37. The summed E-state index contributed by atoms with van der Waals surface area (Å²) in [4.78, 5) is 11.9. The van der Waals surface area contributed by atoms with Crippen molar-refractivity contribution in [1.82, 2.24) is 5.32 Å². The summed E-state index contributed by atoms with van der Waals surface area (Å²) in [5, 5.41) is 12.1. The van der Waals surface area contributed by atoms with Crippen LogP contribution in [0.2, 0.25) is 5.02 Å². The van der Waals surface area contributed by atoms with Crippen molar-refractivity contribution in [2.75, 3.05) is 6.61 Å². The van der Waals surface area contributed by atoms with Crippen molar-refractivity contribution >= 4 is 17.5 Å². The highest BCUT2D eigenvalue weighted by atomic mass is 35.5. The van der Waals surface area contributed by atoms with E-state index in [4.69, 9.17) is 21.6 Å². The van der Waals surface area contributed by atoms with Crippen LogP contribution in [0.5, 0.6) is 5.75 Å². The minimum atomic E-state index is -0.130. The monoisotopic (exact) mass is 306 g/mol. The number of carbonyl (C=O) groups excluding carboxylic acids is 1. The molecule has 0 aromatic heterocycles. The Hall–Kier alpha value is -1.73. The molecular weight excluding hydrogens is 288 g/mol. The molecule has 0 radical (unpaired) electrons. The van der Waals surface area contributed by atoms with Gasteiger partial charge in [0.25, 0.3) is 5.91 Å². The molecule has 1 saturated carbocycles. The summed E-state index contributed by atoms with van der Waals surface area (Å²) < 4.78 is 5.42. The first-order valence-corrected chi connectivity index (χ1v) is 7.59. The fourth-order valence-electron chi connectivity index (χ4n) is 2.61. The van der Waals surface area contributed by atoms with Crippen molar-refractivity contribution < 1.29 is 9.53 Å². The van der Waals surface area contributed by atoms with Crippen molar-refractivity contribution in [2.45, 2.75) is 38.6 Å². The number of hydrogen-bond acceptors (Lipinski definition) is 3. The van der Waals surface area contributed by atoms with E-state index in [9.17, 15) is 4.79 Å². The Balaban J connectivity index is 1.85. The van der Waals surface area contributed by atoms with E-state index in [2.05, 4.69) is 12.2 Å². The largest absolute Gasteiger partial charge is 0.482 e. The van der Waals surface area contributed by atoms with E-state index < -0.39 is 0 Å². The summed E-state index contributed by atoms with van der Waals surface area (Å²) in [5.74, 6) is 0.804. The summed E-state index contributed by atoms with van der Waals surface area (Å²) in [5.41, 5.74) is 0.466. The lowest BCUT2D eigenvalue weighted by Gasteiger charge is -2.29. The van der Waals surface area contributed by atoms with Gasteiger partial charge in [-0.25, -0.2) is 0 Å². The maximum absolute atomic E-state index is 11.9. The number of halogens is 1. The van der Waals surface area contributed by atoms with E-state index >= 15 is 0 Å². The Labute approximate surface area is 130 Å². The van der Waals surface area contributed by atoms with Crippen molar-refractivity contribution in [3.63, 3.8) is 0 Å². The van der Waals surface area contributed by atoms with Gasteiger partial charge in [-0.3, -0.25) is 4.79 Å². The Morgan fingerprint density at radius 2 is 2.24 bits per heavy atom. The number of benzene rings is 1. The summed E-state index contributed by atoms with van der Waals surface area (Å²) in [6, 6.07) is 6.99. The van der Waals surface area contributed by atoms with Crippen LogP contribution in [-0.4, -0.2) is 18.6 Å². The van der Waals surface area contributed by atoms with Gasteiger partial charge in [-0.15, -0.1) is 0 Å². The van der Waals surface area contributed by atoms with Gasteiger partial charge >= 0.3 is 0 Å². The topological polar surface area (TPSA) is 62.1 Å². The molecule has 4 nitrogen and oxygen atoms in total. The van der Waals surface area contributed by atoms with E-state index in [-0.39, 0.29) is 18.6 Å². The standard InChI is InChI=1S/C16H19ClN2O2/c1-11-4-2-3-5-14(11)19-16(20)10-21-15-7-6-12(9-18)8-13(15)17/h6-8,11,14H,2-5,10H2,1H3,(H,19,20). The fraction of sp³-hybridized carbons (Fsp3) is 0.500. The molecule has 1 aliphatic rings. The van der Waals surface area contributed by atoms with Crippen LogP contribution >= 0.6 is 11.6 Å². The average molecular weight is 307 g/mol. The molecule has 0 aliphatic heterocycles. The molecule has 5 heteroatoms. The second-order valence-electron chi connectivity index (χ2n) is 5.48. The predicted molar refractivity (Wildman–Crippen MR) is 81.2 cm³/mol. The molecule has 0 saturated heterocycles. The van der Waals surface area contributed by atoms with E-state index in [1.54, 1.807) is 12.1 Å². The molecule has 1 fully saturated rings. The number of carbonyl (C=O) groups is 1. The first kappa shape index (κ1) is 15.7. The van der Waals surface area contributed by atoms with Crippen molar-refractivity contribution in [3.8, 4) is 11.8 Å². The van der Waals surface area contributed by atoms with Gasteiger partial charge in [-0.2, -0.15) is 5.26 Å². The molecule has 2 rings (SSSR count). The van der Waals surface area contributed by atoms with Crippen LogP contribution in [-0.2, 0) is 4.79 Å². The molecule has 1 aromatic carbocycles. The SMILES string of the molecule is CC1CCCCC1NC(=O)COc1ccc(C#N)cc1Cl. The van der Waals surface area contributed by atoms with E-state index in [1.165, 1.54) is 12.5 Å². The normalized spacial score (nSPS) is 21.4. The molecule has 1 N–H and O–H groups in total. The quantitative estimate of drug-likeness (QED) is 0.928. The van der Waals surface area contributed by atoms with Crippen LogP contribution in [0.1, 0.15) is 38.2 Å². The number of nitriles is 1. The molecule has 0 heterocycles. The highest BCUT2D eigenvalue weighted by Crippen LogP contribution is 2.26. The predicted octanol–water partition coefficient (Wildman–Crippen LogP) is 3.29. The lowest BCUT2D eigenvalue weighted by Crippen LogP contribution is -2.43. The average Bonchev–Trinajstić information content (AvgIpc) is 2.48. The summed E-state index contributed by atoms with van der Waals surface area (Å²) in [6.07, 6.45) is 4.60. The number of rotatable bonds is 4. The van der Waals surface area contributed by atoms with Gasteiger partial charge in [0.05, 0.1) is 16.7 Å². The zero-order valence-electron chi connectivity index (χ0n) is 12.1. The van der Waals surface area contributed by atoms with Gasteiger partial charge in [0.15, 0.2) is 6.61 Å². The zero-order valence-corrected chi connectivity index (χ0v) is 12.8. The lowest BCUT2D eigenvalue weighted by molar-refractivity contribution is -0.124. The number of nitrogens with one attached hydrogen (secondary N) is 1. The second-order valence-corrected chi connectivity index (χ2v) is 5.89. The van der Waals surface area contributed by atoms with Crippen LogP contribution in [0, 0.1) is 17.2 Å². The fourth-order valence-corrected chi connectivity index (χ4v) is 2.84. The molecule has 1 aliphatic carbocycles. The highest BCUT2D eigenvalue weighted by Gasteiger charge is 2.22. The first-order valence-electron chi connectivity index (χ1n) is 7.22. The molecule has 2 unspecified atom stereocenters. The molecule has 0 bridgehead atoms. The van der Waals surface area contributed by atoms with Gasteiger partial charge in [0, 0.05) is 6.04 Å². The highest BCUT2D eigenvalue weighted by molar-refractivity contribution is 6.32. The van der Waals surface area contributed by atoms with Crippen LogP contribution < -0.4 is 10.1 Å². The second kappa shape index (κ2) is 7.33. The first-order chi connectivity index (χ1) is 10.1. The van der Waals surface area contributed by atoms with Crippen LogP contribution in [0.4, 0.5) is 0 Å². The Kier molecular flexibility index (Phi) is 5.46. The smallest absolute Gasteiger partial charge is 0.258 e. The van der Waals surface area contributed by atoms with E-state index in [1.807, 2.05) is 6.07 Å². The van der Waals surface area contributed by atoms with Crippen LogP contribution in [0.15, 0.2) is 18.2 Å². The van der Waals surface area contributed by atoms with Gasteiger partial charge < -0.3 is 10.1 Å². The van der Waals surface area contributed by atoms with Crippen molar-refractivity contribution in [2.24, 2.45) is 5.92 Å². The third-order valence-corrected chi connectivity index (χ3v) is 4.17. The van der Waals surface area contributed by atoms with E-state index in [0.29, 0.717) is 22.3 Å². The third-order valence-electron chi connectivity index (χ3n) is 3.88. The number of ether oxygens (including phenoxy) is 1. The Bertz CT molecular complexity index is 554. The maximum atomic E-state index is 11.9. The van der Waals surface area contributed by atoms with Crippen LogP contribution in [0.25, 0.3) is 0 Å². The van der Waals surface area contributed by atoms with Gasteiger partial charge in [0.1, 0.15) is 5.75 Å². The summed E-state index contributed by atoms with van der Waals surface area (Å²) >= 11 is 6.00. The maximum Gasteiger partial charge on any atom is 0.258 e. The number of amides is 1. The van der Waals surface area contributed by atoms with Crippen molar-refractivity contribution in [1.29, 1.82) is 5.26 Å². The Morgan fingerprint density at radius 1 is 1.48 bits per heavy atom. The molecule has 0 spiro atoms. The molecule has 112 valence electrons. The summed E-state index contributed by atoms with van der Waals surface area (Å²) in [7, 11) is 0.